The number of amides is 2. The van der Waals surface area contributed by atoms with Gasteiger partial charge in [-0.15, -0.1) is 0 Å². The van der Waals surface area contributed by atoms with Crippen molar-refractivity contribution in [3.8, 4) is 0 Å². The van der Waals surface area contributed by atoms with E-state index in [1.54, 1.807) is 20.8 Å². The molecular formula is C25H31FN2O4. The summed E-state index contributed by atoms with van der Waals surface area (Å²) in [7, 11) is 0. The first kappa shape index (κ1) is 23.6. The molecule has 6 nitrogen and oxygen atoms in total. The molecular weight excluding hydrogens is 411 g/mol. The Hall–Kier alpha value is -3.09. The van der Waals surface area contributed by atoms with Gasteiger partial charge in [-0.3, -0.25) is 4.90 Å². The van der Waals surface area contributed by atoms with Crippen molar-refractivity contribution >= 4 is 12.2 Å². The fraction of sp³-hybridized carbons (Fsp3) is 0.440. The number of carbonyl (C=O) groups is 2. The Morgan fingerprint density at radius 1 is 1.03 bits per heavy atom. The molecule has 2 aromatic rings. The minimum atomic E-state index is -1.41. The number of rotatable bonds is 5. The van der Waals surface area contributed by atoms with E-state index in [1.165, 1.54) is 9.80 Å². The first-order valence-corrected chi connectivity index (χ1v) is 10.9. The summed E-state index contributed by atoms with van der Waals surface area (Å²) >= 11 is 0. The summed E-state index contributed by atoms with van der Waals surface area (Å²) in [5.74, 6) is 0. The summed E-state index contributed by atoms with van der Waals surface area (Å²) in [6.07, 6.45) is -2.23. The third-order valence-electron chi connectivity index (χ3n) is 5.19. The Morgan fingerprint density at radius 2 is 1.62 bits per heavy atom. The van der Waals surface area contributed by atoms with Gasteiger partial charge in [0.2, 0.25) is 0 Å². The van der Waals surface area contributed by atoms with E-state index >= 15 is 4.39 Å². The molecule has 1 aliphatic rings. The summed E-state index contributed by atoms with van der Waals surface area (Å²) in [6.45, 7) is 5.83. The number of alkyl halides is 1. The van der Waals surface area contributed by atoms with Crippen LogP contribution >= 0.6 is 0 Å². The molecule has 3 rings (SSSR count). The fourth-order valence-corrected chi connectivity index (χ4v) is 3.64. The van der Waals surface area contributed by atoms with Crippen LogP contribution in [0.25, 0.3) is 0 Å². The van der Waals surface area contributed by atoms with Crippen LogP contribution in [0, 0.1) is 0 Å². The highest BCUT2D eigenvalue weighted by Crippen LogP contribution is 2.24. The van der Waals surface area contributed by atoms with Gasteiger partial charge in [0.05, 0.1) is 12.6 Å². The molecule has 1 fully saturated rings. The number of carbonyl (C=O) groups excluding carboxylic acids is 2. The number of hydrogen-bond donors (Lipinski definition) is 0. The van der Waals surface area contributed by atoms with Gasteiger partial charge in [0.25, 0.3) is 0 Å². The van der Waals surface area contributed by atoms with Gasteiger partial charge in [0.1, 0.15) is 18.4 Å². The average molecular weight is 443 g/mol. The van der Waals surface area contributed by atoms with Gasteiger partial charge in [-0.1, -0.05) is 60.7 Å². The van der Waals surface area contributed by atoms with Crippen LogP contribution in [0.3, 0.4) is 0 Å². The maximum atomic E-state index is 15.3. The zero-order chi connectivity index (χ0) is 23.1. The molecule has 1 heterocycles. The lowest BCUT2D eigenvalue weighted by molar-refractivity contribution is -0.00786. The SMILES string of the molecule is CC(C)(C)OC(=O)N1CC[C@H](N(Cc2ccccc2)C(=O)OCc2ccccc2)[C@@H](F)C1. The lowest BCUT2D eigenvalue weighted by Crippen LogP contribution is -2.55. The topological polar surface area (TPSA) is 59.1 Å². The van der Waals surface area contributed by atoms with Crippen LogP contribution in [0.4, 0.5) is 14.0 Å². The Morgan fingerprint density at radius 3 is 2.19 bits per heavy atom. The second-order valence-corrected chi connectivity index (χ2v) is 8.95. The van der Waals surface area contributed by atoms with Gasteiger partial charge in [-0.2, -0.15) is 0 Å². The number of ether oxygens (including phenoxy) is 2. The zero-order valence-electron chi connectivity index (χ0n) is 18.9. The van der Waals surface area contributed by atoms with E-state index in [0.717, 1.165) is 11.1 Å². The second-order valence-electron chi connectivity index (χ2n) is 8.95. The van der Waals surface area contributed by atoms with Crippen molar-refractivity contribution in [2.75, 3.05) is 13.1 Å². The highest BCUT2D eigenvalue weighted by Gasteiger charge is 2.39. The summed E-state index contributed by atoms with van der Waals surface area (Å²) in [5, 5.41) is 0. The van der Waals surface area contributed by atoms with E-state index in [0.29, 0.717) is 13.0 Å². The molecule has 0 bridgehead atoms. The molecule has 0 radical (unpaired) electrons. The molecule has 0 saturated carbocycles. The maximum Gasteiger partial charge on any atom is 0.410 e. The van der Waals surface area contributed by atoms with Gasteiger partial charge in [0, 0.05) is 13.1 Å². The third kappa shape index (κ3) is 6.70. The Bertz CT molecular complexity index is 886. The Balaban J connectivity index is 1.70. The van der Waals surface area contributed by atoms with Crippen LogP contribution < -0.4 is 0 Å². The van der Waals surface area contributed by atoms with Gasteiger partial charge in [-0.05, 0) is 38.3 Å². The van der Waals surface area contributed by atoms with Gasteiger partial charge < -0.3 is 14.4 Å². The predicted molar refractivity (Wildman–Crippen MR) is 120 cm³/mol. The molecule has 2 atom stereocenters. The predicted octanol–water partition coefficient (Wildman–Crippen LogP) is 5.17. The molecule has 1 aliphatic heterocycles. The lowest BCUT2D eigenvalue weighted by atomic mass is 10.0. The minimum Gasteiger partial charge on any atom is -0.445 e. The summed E-state index contributed by atoms with van der Waals surface area (Å²) in [6, 6.07) is 18.1. The number of halogens is 1. The van der Waals surface area contributed by atoms with E-state index in [9.17, 15) is 9.59 Å². The standard InChI is InChI=1S/C25H31FN2O4/c1-25(2,3)32-23(29)27-15-14-22(21(26)17-27)28(16-19-10-6-4-7-11-19)24(30)31-18-20-12-8-5-9-13-20/h4-13,21-22H,14-18H2,1-3H3/t21-,22-/m0/s1. The highest BCUT2D eigenvalue weighted by molar-refractivity contribution is 5.69. The minimum absolute atomic E-state index is 0.110. The van der Waals surface area contributed by atoms with Crippen molar-refractivity contribution in [2.24, 2.45) is 0 Å². The molecule has 7 heteroatoms. The molecule has 1 saturated heterocycles. The molecule has 0 unspecified atom stereocenters. The monoisotopic (exact) mass is 442 g/mol. The molecule has 0 aliphatic carbocycles. The van der Waals surface area contributed by atoms with Crippen molar-refractivity contribution in [2.45, 2.75) is 58.2 Å². The van der Waals surface area contributed by atoms with Crippen LogP contribution in [-0.4, -0.2) is 52.9 Å². The normalized spacial score (nSPS) is 18.7. The third-order valence-corrected chi connectivity index (χ3v) is 5.19. The highest BCUT2D eigenvalue weighted by atomic mass is 19.1. The zero-order valence-corrected chi connectivity index (χ0v) is 18.9. The van der Waals surface area contributed by atoms with Crippen molar-refractivity contribution < 1.29 is 23.5 Å². The van der Waals surface area contributed by atoms with Crippen molar-refractivity contribution in [1.29, 1.82) is 0 Å². The quantitative estimate of drug-likeness (QED) is 0.641. The molecule has 172 valence electrons. The van der Waals surface area contributed by atoms with Gasteiger partial charge in [0.15, 0.2) is 0 Å². The van der Waals surface area contributed by atoms with Crippen LogP contribution in [0.2, 0.25) is 0 Å². The summed E-state index contributed by atoms with van der Waals surface area (Å²) in [5.41, 5.74) is 1.09. The van der Waals surface area contributed by atoms with Crippen molar-refractivity contribution in [3.05, 3.63) is 71.8 Å². The largest absolute Gasteiger partial charge is 0.445 e. The fourth-order valence-electron chi connectivity index (χ4n) is 3.64. The maximum absolute atomic E-state index is 15.3. The number of likely N-dealkylation sites (tertiary alicyclic amines) is 1. The molecule has 0 aromatic heterocycles. The number of benzene rings is 2. The van der Waals surface area contributed by atoms with E-state index in [2.05, 4.69) is 0 Å². The van der Waals surface area contributed by atoms with Crippen LogP contribution in [0.15, 0.2) is 60.7 Å². The molecule has 0 spiro atoms. The van der Waals surface area contributed by atoms with E-state index in [4.69, 9.17) is 9.47 Å². The molecule has 0 N–H and O–H groups in total. The van der Waals surface area contributed by atoms with E-state index in [-0.39, 0.29) is 19.7 Å². The summed E-state index contributed by atoms with van der Waals surface area (Å²) < 4.78 is 26.2. The summed E-state index contributed by atoms with van der Waals surface area (Å²) in [4.78, 5) is 28.2. The van der Waals surface area contributed by atoms with Crippen molar-refractivity contribution in [3.63, 3.8) is 0 Å². The molecule has 2 amide bonds. The van der Waals surface area contributed by atoms with Crippen LogP contribution in [0.1, 0.15) is 38.3 Å². The first-order chi connectivity index (χ1) is 15.2. The smallest absolute Gasteiger partial charge is 0.410 e. The number of nitrogens with zero attached hydrogens (tertiary/aromatic N) is 2. The van der Waals surface area contributed by atoms with Crippen LogP contribution in [-0.2, 0) is 22.6 Å². The van der Waals surface area contributed by atoms with Crippen LogP contribution in [0.5, 0.6) is 0 Å². The van der Waals surface area contributed by atoms with E-state index < -0.39 is 30.0 Å². The lowest BCUT2D eigenvalue weighted by Gasteiger charge is -2.40. The average Bonchev–Trinajstić information content (AvgIpc) is 2.76. The number of hydrogen-bond acceptors (Lipinski definition) is 4. The molecule has 2 aromatic carbocycles. The van der Waals surface area contributed by atoms with Crippen molar-refractivity contribution in [1.82, 2.24) is 9.80 Å². The van der Waals surface area contributed by atoms with Gasteiger partial charge in [-0.25, -0.2) is 14.0 Å². The van der Waals surface area contributed by atoms with Gasteiger partial charge >= 0.3 is 12.2 Å². The number of piperidine rings is 1. The molecule has 32 heavy (non-hydrogen) atoms. The van der Waals surface area contributed by atoms with E-state index in [1.807, 2.05) is 60.7 Å². The first-order valence-electron chi connectivity index (χ1n) is 10.9. The second kappa shape index (κ2) is 10.5. The Kier molecular flexibility index (Phi) is 7.72. The Labute approximate surface area is 188 Å².